The molecule has 110 valence electrons. The van der Waals surface area contributed by atoms with E-state index in [4.69, 9.17) is 4.52 Å². The van der Waals surface area contributed by atoms with E-state index >= 15 is 0 Å². The predicted octanol–water partition coefficient (Wildman–Crippen LogP) is 0.522. The number of carbonyl (C=O) groups excluding carboxylic acids is 2. The summed E-state index contributed by atoms with van der Waals surface area (Å²) in [6.45, 7) is 4.44. The third kappa shape index (κ3) is 3.16. The van der Waals surface area contributed by atoms with Crippen LogP contribution in [0.5, 0.6) is 0 Å². The Balaban J connectivity index is 1.88. The number of nitrogens with zero attached hydrogens (tertiary/aromatic N) is 2. The van der Waals surface area contributed by atoms with Gasteiger partial charge in [0.2, 0.25) is 11.8 Å². The quantitative estimate of drug-likeness (QED) is 0.839. The van der Waals surface area contributed by atoms with Gasteiger partial charge in [-0.2, -0.15) is 0 Å². The third-order valence-electron chi connectivity index (χ3n) is 3.46. The largest absolute Gasteiger partial charge is 0.360 e. The molecular weight excluding hydrogens is 260 g/mol. The Bertz CT molecular complexity index is 505. The maximum Gasteiger partial charge on any atom is 0.245 e. The zero-order valence-electron chi connectivity index (χ0n) is 12.0. The molecular formula is C13H20N4O3. The van der Waals surface area contributed by atoms with Crippen molar-refractivity contribution in [3.8, 4) is 0 Å². The standard InChI is InChI=1S/C13H20N4O3/c1-9-7-10(16-20-9)15-11(18)8-17(3)12(19)13(2)5-4-6-14-13/h7,14H,4-6,8H2,1-3H3,(H,15,16,18). The summed E-state index contributed by atoms with van der Waals surface area (Å²) >= 11 is 0. The lowest BCUT2D eigenvalue weighted by Crippen LogP contribution is -2.53. The first-order chi connectivity index (χ1) is 9.40. The number of aromatic nitrogens is 1. The van der Waals surface area contributed by atoms with E-state index in [2.05, 4.69) is 15.8 Å². The van der Waals surface area contributed by atoms with Gasteiger partial charge in [0.25, 0.3) is 0 Å². The van der Waals surface area contributed by atoms with Crippen LogP contribution in [-0.2, 0) is 9.59 Å². The summed E-state index contributed by atoms with van der Waals surface area (Å²) in [5.74, 6) is 0.614. The zero-order chi connectivity index (χ0) is 14.8. The molecule has 0 saturated carbocycles. The van der Waals surface area contributed by atoms with Crippen molar-refractivity contribution in [2.24, 2.45) is 0 Å². The Morgan fingerprint density at radius 2 is 2.35 bits per heavy atom. The molecule has 2 heterocycles. The number of hydrogen-bond acceptors (Lipinski definition) is 5. The van der Waals surface area contributed by atoms with Crippen molar-refractivity contribution in [2.75, 3.05) is 25.5 Å². The second kappa shape index (κ2) is 5.62. The molecule has 1 aromatic rings. The second-order valence-corrected chi connectivity index (χ2v) is 5.39. The first-order valence-corrected chi connectivity index (χ1v) is 6.64. The molecule has 1 saturated heterocycles. The molecule has 7 nitrogen and oxygen atoms in total. The first kappa shape index (κ1) is 14.5. The molecule has 2 N–H and O–H groups in total. The lowest BCUT2D eigenvalue weighted by molar-refractivity contribution is -0.138. The van der Waals surface area contributed by atoms with Crippen molar-refractivity contribution in [1.29, 1.82) is 0 Å². The highest BCUT2D eigenvalue weighted by Crippen LogP contribution is 2.20. The maximum absolute atomic E-state index is 12.3. The molecule has 1 unspecified atom stereocenters. The molecule has 0 bridgehead atoms. The van der Waals surface area contributed by atoms with Gasteiger partial charge in [0.05, 0.1) is 12.1 Å². The molecule has 0 radical (unpaired) electrons. The van der Waals surface area contributed by atoms with Crippen LogP contribution in [0.4, 0.5) is 5.82 Å². The molecule has 0 aliphatic carbocycles. The fourth-order valence-electron chi connectivity index (χ4n) is 2.39. The van der Waals surface area contributed by atoms with Crippen LogP contribution < -0.4 is 10.6 Å². The van der Waals surface area contributed by atoms with Gasteiger partial charge in [0, 0.05) is 13.1 Å². The number of nitrogens with one attached hydrogen (secondary N) is 2. The van der Waals surface area contributed by atoms with Gasteiger partial charge in [-0.15, -0.1) is 0 Å². The average molecular weight is 280 g/mol. The maximum atomic E-state index is 12.3. The van der Waals surface area contributed by atoms with Crippen molar-refractivity contribution in [3.63, 3.8) is 0 Å². The molecule has 1 aliphatic rings. The van der Waals surface area contributed by atoms with Crippen LogP contribution in [0.25, 0.3) is 0 Å². The van der Waals surface area contributed by atoms with Gasteiger partial charge in [-0.1, -0.05) is 5.16 Å². The summed E-state index contributed by atoms with van der Waals surface area (Å²) < 4.78 is 4.86. The van der Waals surface area contributed by atoms with Gasteiger partial charge in [0.1, 0.15) is 5.76 Å². The molecule has 1 aliphatic heterocycles. The van der Waals surface area contributed by atoms with Crippen molar-refractivity contribution < 1.29 is 14.1 Å². The fourth-order valence-corrected chi connectivity index (χ4v) is 2.39. The van der Waals surface area contributed by atoms with Crippen LogP contribution in [0.1, 0.15) is 25.5 Å². The Kier molecular flexibility index (Phi) is 4.08. The molecule has 0 aromatic carbocycles. The number of aryl methyl sites for hydroxylation is 1. The Labute approximate surface area is 117 Å². The molecule has 20 heavy (non-hydrogen) atoms. The van der Waals surface area contributed by atoms with E-state index in [1.54, 1.807) is 20.0 Å². The summed E-state index contributed by atoms with van der Waals surface area (Å²) in [5, 5.41) is 9.46. The molecule has 1 aromatic heterocycles. The Hall–Kier alpha value is -1.89. The van der Waals surface area contributed by atoms with E-state index < -0.39 is 5.54 Å². The van der Waals surface area contributed by atoms with Gasteiger partial charge >= 0.3 is 0 Å². The highest BCUT2D eigenvalue weighted by molar-refractivity contribution is 5.95. The normalized spacial score (nSPS) is 21.8. The number of anilines is 1. The molecule has 0 spiro atoms. The van der Waals surface area contributed by atoms with Crippen LogP contribution in [0, 0.1) is 6.92 Å². The monoisotopic (exact) mass is 280 g/mol. The smallest absolute Gasteiger partial charge is 0.245 e. The topological polar surface area (TPSA) is 87.5 Å². The number of rotatable bonds is 4. The SMILES string of the molecule is Cc1cc(NC(=O)CN(C)C(=O)C2(C)CCCN2)no1. The van der Waals surface area contributed by atoms with E-state index in [1.807, 2.05) is 6.92 Å². The van der Waals surface area contributed by atoms with Crippen LogP contribution in [0.15, 0.2) is 10.6 Å². The summed E-state index contributed by atoms with van der Waals surface area (Å²) in [5.41, 5.74) is -0.556. The van der Waals surface area contributed by atoms with E-state index in [0.717, 1.165) is 19.4 Å². The van der Waals surface area contributed by atoms with Crippen LogP contribution in [-0.4, -0.2) is 47.5 Å². The Morgan fingerprint density at radius 1 is 1.60 bits per heavy atom. The molecule has 2 amide bonds. The second-order valence-electron chi connectivity index (χ2n) is 5.39. The number of hydrogen-bond donors (Lipinski definition) is 2. The van der Waals surface area contributed by atoms with Gasteiger partial charge < -0.3 is 20.1 Å². The van der Waals surface area contributed by atoms with Gasteiger partial charge in [0.15, 0.2) is 5.82 Å². The van der Waals surface area contributed by atoms with Crippen molar-refractivity contribution in [3.05, 3.63) is 11.8 Å². The highest BCUT2D eigenvalue weighted by Gasteiger charge is 2.38. The van der Waals surface area contributed by atoms with Gasteiger partial charge in [-0.05, 0) is 33.2 Å². The summed E-state index contributed by atoms with van der Waals surface area (Å²) in [4.78, 5) is 25.6. The minimum Gasteiger partial charge on any atom is -0.360 e. The minimum absolute atomic E-state index is 0.0119. The molecule has 2 rings (SSSR count). The van der Waals surface area contributed by atoms with E-state index in [9.17, 15) is 9.59 Å². The number of likely N-dealkylation sites (N-methyl/N-ethyl adjacent to an activating group) is 1. The lowest BCUT2D eigenvalue weighted by Gasteiger charge is -2.28. The fraction of sp³-hybridized carbons (Fsp3) is 0.615. The van der Waals surface area contributed by atoms with E-state index in [0.29, 0.717) is 11.6 Å². The average Bonchev–Trinajstić information content (AvgIpc) is 2.98. The van der Waals surface area contributed by atoms with Crippen molar-refractivity contribution >= 4 is 17.6 Å². The number of amides is 2. The van der Waals surface area contributed by atoms with Crippen molar-refractivity contribution in [1.82, 2.24) is 15.4 Å². The zero-order valence-corrected chi connectivity index (χ0v) is 12.0. The van der Waals surface area contributed by atoms with Crippen molar-refractivity contribution in [2.45, 2.75) is 32.2 Å². The number of carbonyl (C=O) groups is 2. The van der Waals surface area contributed by atoms with Crippen LogP contribution >= 0.6 is 0 Å². The minimum atomic E-state index is -0.556. The van der Waals surface area contributed by atoms with Gasteiger partial charge in [-0.3, -0.25) is 9.59 Å². The van der Waals surface area contributed by atoms with Crippen LogP contribution in [0.2, 0.25) is 0 Å². The van der Waals surface area contributed by atoms with E-state index in [-0.39, 0.29) is 18.4 Å². The Morgan fingerprint density at radius 3 is 2.90 bits per heavy atom. The highest BCUT2D eigenvalue weighted by atomic mass is 16.5. The molecule has 7 heteroatoms. The summed E-state index contributed by atoms with van der Waals surface area (Å²) in [7, 11) is 1.63. The summed E-state index contributed by atoms with van der Waals surface area (Å²) in [6.07, 6.45) is 1.76. The third-order valence-corrected chi connectivity index (χ3v) is 3.46. The lowest BCUT2D eigenvalue weighted by atomic mass is 9.99. The van der Waals surface area contributed by atoms with Crippen LogP contribution in [0.3, 0.4) is 0 Å². The molecule has 1 fully saturated rings. The predicted molar refractivity (Wildman–Crippen MR) is 73.1 cm³/mol. The first-order valence-electron chi connectivity index (χ1n) is 6.64. The summed E-state index contributed by atoms with van der Waals surface area (Å²) in [6, 6.07) is 1.62. The van der Waals surface area contributed by atoms with Gasteiger partial charge in [-0.25, -0.2) is 0 Å². The molecule has 1 atom stereocenters. The van der Waals surface area contributed by atoms with E-state index in [1.165, 1.54) is 4.90 Å².